The third kappa shape index (κ3) is 3.26. The summed E-state index contributed by atoms with van der Waals surface area (Å²) in [6, 6.07) is 6.77. The Labute approximate surface area is 141 Å². The smallest absolute Gasteiger partial charge is 0.321 e. The fourth-order valence-corrected chi connectivity index (χ4v) is 2.55. The van der Waals surface area contributed by atoms with Crippen LogP contribution in [0.2, 0.25) is 0 Å². The predicted molar refractivity (Wildman–Crippen MR) is 89.6 cm³/mol. The van der Waals surface area contributed by atoms with Gasteiger partial charge in [-0.1, -0.05) is 12.6 Å². The number of nitrogens with one attached hydrogen (secondary N) is 1. The van der Waals surface area contributed by atoms with Crippen LogP contribution < -0.4 is 5.32 Å². The van der Waals surface area contributed by atoms with Gasteiger partial charge in [-0.3, -0.25) is 4.79 Å². The van der Waals surface area contributed by atoms with Crippen LogP contribution in [0.15, 0.2) is 55.4 Å². The molecule has 7 heteroatoms. The lowest BCUT2D eigenvalue weighted by Crippen LogP contribution is -2.07. The number of nitrogens with zero attached hydrogens (tertiary/aromatic N) is 2. The number of hydrogen-bond donors (Lipinski definition) is 1. The molecule has 3 rings (SSSR count). The van der Waals surface area contributed by atoms with Crippen molar-refractivity contribution in [2.45, 2.75) is 13.1 Å². The number of fused-ring (bicyclic) bond motifs is 1. The second-order valence-corrected chi connectivity index (χ2v) is 5.52. The first-order valence-electron chi connectivity index (χ1n) is 7.38. The van der Waals surface area contributed by atoms with Gasteiger partial charge < -0.3 is 9.88 Å². The first-order valence-corrected chi connectivity index (χ1v) is 7.38. The lowest BCUT2D eigenvalue weighted by atomic mass is 10.2. The first kappa shape index (κ1) is 16.8. The Bertz CT molecular complexity index is 973. The molecule has 0 saturated carbocycles. The molecule has 4 nitrogen and oxygen atoms in total. The number of alkyl halides is 3. The number of amides is 1. The van der Waals surface area contributed by atoms with Crippen LogP contribution in [-0.2, 0) is 11.0 Å². The SMILES string of the molecule is C=CC(=O)Nc1cnc2c(c1)c(C)cn2-c1cccc(C(F)(F)F)c1. The van der Waals surface area contributed by atoms with Gasteiger partial charge in [0.1, 0.15) is 5.65 Å². The van der Waals surface area contributed by atoms with Gasteiger partial charge in [0, 0.05) is 17.3 Å². The summed E-state index contributed by atoms with van der Waals surface area (Å²) in [5.74, 6) is -0.365. The van der Waals surface area contributed by atoms with Gasteiger partial charge in [-0.05, 0) is 42.8 Å². The molecule has 1 N–H and O–H groups in total. The number of aryl methyl sites for hydroxylation is 1. The van der Waals surface area contributed by atoms with E-state index in [1.54, 1.807) is 22.9 Å². The van der Waals surface area contributed by atoms with Gasteiger partial charge >= 0.3 is 6.18 Å². The van der Waals surface area contributed by atoms with Crippen molar-refractivity contribution in [3.8, 4) is 5.69 Å². The third-order valence-electron chi connectivity index (χ3n) is 3.75. The van der Waals surface area contributed by atoms with Gasteiger partial charge in [0.05, 0.1) is 17.4 Å². The van der Waals surface area contributed by atoms with Crippen LogP contribution in [0.1, 0.15) is 11.1 Å². The molecule has 2 aromatic heterocycles. The predicted octanol–water partition coefficient (Wildman–Crippen LogP) is 4.48. The molecule has 0 unspecified atom stereocenters. The molecule has 0 radical (unpaired) electrons. The van der Waals surface area contributed by atoms with Gasteiger partial charge in [-0.2, -0.15) is 13.2 Å². The van der Waals surface area contributed by atoms with Gasteiger partial charge in [0.15, 0.2) is 0 Å². The fourth-order valence-electron chi connectivity index (χ4n) is 2.55. The molecule has 2 heterocycles. The van der Waals surface area contributed by atoms with E-state index in [-0.39, 0.29) is 5.91 Å². The maximum absolute atomic E-state index is 12.9. The van der Waals surface area contributed by atoms with Gasteiger partial charge in [-0.25, -0.2) is 4.98 Å². The standard InChI is InChI=1S/C18H14F3N3O/c1-3-16(25)23-13-8-15-11(2)10-24(17(15)22-9-13)14-6-4-5-12(7-14)18(19,20)21/h3-10H,1H2,2H3,(H,23,25). The highest BCUT2D eigenvalue weighted by Crippen LogP contribution is 2.32. The van der Waals surface area contributed by atoms with Crippen molar-refractivity contribution in [3.05, 3.63) is 66.5 Å². The molecule has 3 aromatic rings. The van der Waals surface area contributed by atoms with Crippen molar-refractivity contribution in [1.29, 1.82) is 0 Å². The summed E-state index contributed by atoms with van der Waals surface area (Å²) >= 11 is 0. The van der Waals surface area contributed by atoms with Crippen molar-refractivity contribution in [1.82, 2.24) is 9.55 Å². The normalized spacial score (nSPS) is 11.5. The molecule has 128 valence electrons. The van der Waals surface area contributed by atoms with E-state index in [0.29, 0.717) is 17.0 Å². The number of carbonyl (C=O) groups is 1. The number of anilines is 1. The number of aromatic nitrogens is 2. The molecule has 0 fully saturated rings. The van der Waals surface area contributed by atoms with Gasteiger partial charge in [0.25, 0.3) is 0 Å². The Kier molecular flexibility index (Phi) is 4.08. The molecule has 0 aliphatic heterocycles. The van der Waals surface area contributed by atoms with E-state index in [0.717, 1.165) is 29.2 Å². The van der Waals surface area contributed by atoms with E-state index < -0.39 is 11.7 Å². The molecular weight excluding hydrogens is 331 g/mol. The monoisotopic (exact) mass is 345 g/mol. The van der Waals surface area contributed by atoms with E-state index in [4.69, 9.17) is 0 Å². The highest BCUT2D eigenvalue weighted by Gasteiger charge is 2.30. The Hall–Kier alpha value is -3.09. The summed E-state index contributed by atoms with van der Waals surface area (Å²) in [5.41, 5.74) is 1.47. The molecule has 0 bridgehead atoms. The van der Waals surface area contributed by atoms with Crippen LogP contribution in [0.3, 0.4) is 0 Å². The molecule has 0 aliphatic carbocycles. The lowest BCUT2D eigenvalue weighted by Gasteiger charge is -2.10. The highest BCUT2D eigenvalue weighted by atomic mass is 19.4. The summed E-state index contributed by atoms with van der Waals surface area (Å²) in [7, 11) is 0. The molecule has 0 aliphatic rings. The molecule has 0 atom stereocenters. The minimum Gasteiger partial charge on any atom is -0.321 e. The number of halogens is 3. The van der Waals surface area contributed by atoms with Crippen LogP contribution in [0, 0.1) is 6.92 Å². The molecule has 1 aromatic carbocycles. The van der Waals surface area contributed by atoms with E-state index in [1.165, 1.54) is 12.3 Å². The zero-order valence-electron chi connectivity index (χ0n) is 13.3. The second kappa shape index (κ2) is 6.08. The lowest BCUT2D eigenvalue weighted by molar-refractivity contribution is -0.137. The fraction of sp³-hybridized carbons (Fsp3) is 0.111. The molecule has 0 spiro atoms. The molecular formula is C18H14F3N3O. The number of hydrogen-bond acceptors (Lipinski definition) is 2. The number of benzene rings is 1. The van der Waals surface area contributed by atoms with E-state index in [9.17, 15) is 18.0 Å². The summed E-state index contributed by atoms with van der Waals surface area (Å²) in [5, 5.41) is 3.35. The summed E-state index contributed by atoms with van der Waals surface area (Å²) in [4.78, 5) is 15.7. The van der Waals surface area contributed by atoms with Crippen molar-refractivity contribution in [2.75, 3.05) is 5.32 Å². The zero-order valence-corrected chi connectivity index (χ0v) is 13.3. The number of pyridine rings is 1. The van der Waals surface area contributed by atoms with Crippen LogP contribution in [0.5, 0.6) is 0 Å². The van der Waals surface area contributed by atoms with Crippen LogP contribution >= 0.6 is 0 Å². The topological polar surface area (TPSA) is 46.9 Å². The Morgan fingerprint density at radius 3 is 2.76 bits per heavy atom. The Morgan fingerprint density at radius 1 is 1.32 bits per heavy atom. The largest absolute Gasteiger partial charge is 0.416 e. The van der Waals surface area contributed by atoms with E-state index in [2.05, 4.69) is 16.9 Å². The minimum absolute atomic E-state index is 0.364. The van der Waals surface area contributed by atoms with Crippen LogP contribution in [-0.4, -0.2) is 15.5 Å². The van der Waals surface area contributed by atoms with Crippen molar-refractivity contribution < 1.29 is 18.0 Å². The average molecular weight is 345 g/mol. The maximum Gasteiger partial charge on any atom is 0.416 e. The molecule has 1 amide bonds. The summed E-state index contributed by atoms with van der Waals surface area (Å²) < 4.78 is 40.4. The van der Waals surface area contributed by atoms with Crippen molar-refractivity contribution in [3.63, 3.8) is 0 Å². The number of carbonyl (C=O) groups excluding carboxylic acids is 1. The first-order chi connectivity index (χ1) is 11.8. The van der Waals surface area contributed by atoms with Crippen LogP contribution in [0.25, 0.3) is 16.7 Å². The highest BCUT2D eigenvalue weighted by molar-refractivity contribution is 6.00. The third-order valence-corrected chi connectivity index (χ3v) is 3.75. The van der Waals surface area contributed by atoms with Crippen molar-refractivity contribution >= 4 is 22.6 Å². The average Bonchev–Trinajstić information content (AvgIpc) is 2.91. The quantitative estimate of drug-likeness (QED) is 0.712. The Morgan fingerprint density at radius 2 is 2.08 bits per heavy atom. The molecule has 25 heavy (non-hydrogen) atoms. The minimum atomic E-state index is -4.41. The van der Waals surface area contributed by atoms with Gasteiger partial charge in [0.2, 0.25) is 5.91 Å². The summed E-state index contributed by atoms with van der Waals surface area (Å²) in [6.45, 7) is 5.21. The van der Waals surface area contributed by atoms with Crippen molar-refractivity contribution in [2.24, 2.45) is 0 Å². The van der Waals surface area contributed by atoms with Gasteiger partial charge in [-0.15, -0.1) is 0 Å². The zero-order chi connectivity index (χ0) is 18.2. The number of rotatable bonds is 3. The van der Waals surface area contributed by atoms with Crippen LogP contribution in [0.4, 0.5) is 18.9 Å². The molecule has 0 saturated heterocycles. The maximum atomic E-state index is 12.9. The van der Waals surface area contributed by atoms with E-state index in [1.807, 2.05) is 6.92 Å². The van der Waals surface area contributed by atoms with E-state index >= 15 is 0 Å². The Balaban J connectivity index is 2.09. The second-order valence-electron chi connectivity index (χ2n) is 5.52. The summed E-state index contributed by atoms with van der Waals surface area (Å²) in [6.07, 6.45) is -0.103.